The first-order valence-corrected chi connectivity index (χ1v) is 13.3. The van der Waals surface area contributed by atoms with Gasteiger partial charge in [0, 0.05) is 23.8 Å². The Balaban J connectivity index is 0.00000408. The van der Waals surface area contributed by atoms with Gasteiger partial charge in [0.1, 0.15) is 0 Å². The molecule has 1 amide bonds. The van der Waals surface area contributed by atoms with Crippen molar-refractivity contribution >= 4 is 15.9 Å². The maximum Gasteiger partial charge on any atom is 0.252 e. The molecule has 188 valence electrons. The van der Waals surface area contributed by atoms with E-state index in [-0.39, 0.29) is 24.3 Å². The summed E-state index contributed by atoms with van der Waals surface area (Å²) in [4.78, 5) is 17.6. The fourth-order valence-corrected chi connectivity index (χ4v) is 5.78. The van der Waals surface area contributed by atoms with E-state index in [1.165, 1.54) is 10.6 Å². The number of hydrogen-bond donors (Lipinski definition) is 1. The fraction of sp³-hybridized carbons (Fsp3) is 0.556. The molecule has 7 heteroatoms. The van der Waals surface area contributed by atoms with Gasteiger partial charge >= 0.3 is 0 Å². The number of aromatic nitrogens is 1. The quantitative estimate of drug-likeness (QED) is 0.594. The summed E-state index contributed by atoms with van der Waals surface area (Å²) < 4.78 is 26.2. The molecule has 0 saturated heterocycles. The highest BCUT2D eigenvalue weighted by Crippen LogP contribution is 2.44. The van der Waals surface area contributed by atoms with Crippen molar-refractivity contribution in [1.82, 2.24) is 14.6 Å². The van der Waals surface area contributed by atoms with Crippen LogP contribution in [0.3, 0.4) is 0 Å². The molecule has 1 aliphatic carbocycles. The molecule has 1 aromatic carbocycles. The van der Waals surface area contributed by atoms with Gasteiger partial charge in [-0.1, -0.05) is 40.3 Å². The molecule has 1 fully saturated rings. The molecule has 1 heterocycles. The second-order valence-electron chi connectivity index (χ2n) is 11.1. The van der Waals surface area contributed by atoms with Crippen molar-refractivity contribution in [3.8, 4) is 0 Å². The minimum atomic E-state index is -3.34. The lowest BCUT2D eigenvalue weighted by Gasteiger charge is -2.34. The van der Waals surface area contributed by atoms with Crippen LogP contribution < -0.4 is 5.32 Å². The SMILES string of the molecule is C.CC(C)(C)c1cc(C(=O)NC2(c3ccccn3)CC2)ccc1CCN(C(C)(C)C)S(C)(=O)=O. The van der Waals surface area contributed by atoms with Crippen LogP contribution in [0.15, 0.2) is 42.6 Å². The Morgan fingerprint density at radius 1 is 1.09 bits per heavy atom. The third-order valence-electron chi connectivity index (χ3n) is 6.17. The Hall–Kier alpha value is -2.25. The second-order valence-corrected chi connectivity index (χ2v) is 13.0. The van der Waals surface area contributed by atoms with E-state index in [9.17, 15) is 13.2 Å². The van der Waals surface area contributed by atoms with E-state index in [1.54, 1.807) is 6.20 Å². The first-order valence-electron chi connectivity index (χ1n) is 11.5. The van der Waals surface area contributed by atoms with Crippen LogP contribution in [0.1, 0.15) is 89.0 Å². The number of amides is 1. The van der Waals surface area contributed by atoms with Crippen molar-refractivity contribution in [1.29, 1.82) is 0 Å². The smallest absolute Gasteiger partial charge is 0.252 e. The van der Waals surface area contributed by atoms with Gasteiger partial charge in [-0.2, -0.15) is 4.31 Å². The number of nitrogens with one attached hydrogen (secondary N) is 1. The zero-order valence-corrected chi connectivity index (χ0v) is 21.7. The summed E-state index contributed by atoms with van der Waals surface area (Å²) in [5.41, 5.74) is 2.56. The molecule has 34 heavy (non-hydrogen) atoms. The maximum atomic E-state index is 13.2. The molecule has 6 nitrogen and oxygen atoms in total. The van der Waals surface area contributed by atoms with Gasteiger partial charge in [-0.25, -0.2) is 8.42 Å². The van der Waals surface area contributed by atoms with Crippen LogP contribution in [0.2, 0.25) is 0 Å². The van der Waals surface area contributed by atoms with Crippen LogP contribution in [0.5, 0.6) is 0 Å². The van der Waals surface area contributed by atoms with Gasteiger partial charge in [0.05, 0.1) is 17.5 Å². The molecule has 1 aromatic heterocycles. The van der Waals surface area contributed by atoms with Gasteiger partial charge in [-0.05, 0) is 80.8 Å². The first kappa shape index (κ1) is 28.0. The van der Waals surface area contributed by atoms with Crippen molar-refractivity contribution in [2.75, 3.05) is 12.8 Å². The number of sulfonamides is 1. The molecule has 3 rings (SSSR count). The normalized spacial score (nSPS) is 15.5. The molecule has 1 saturated carbocycles. The van der Waals surface area contributed by atoms with Crippen LogP contribution in [-0.4, -0.2) is 42.0 Å². The molecule has 2 aromatic rings. The Kier molecular flexibility index (Phi) is 8.05. The largest absolute Gasteiger partial charge is 0.341 e. The van der Waals surface area contributed by atoms with Crippen LogP contribution in [-0.2, 0) is 27.4 Å². The lowest BCUT2D eigenvalue weighted by molar-refractivity contribution is 0.0929. The standard InChI is InChI=1S/C26H37N3O3S.CH4/c1-24(2,3)21-18-20(23(30)28-26(14-15-26)22-10-8-9-16-27-22)12-11-19(21)13-17-29(25(4,5)6)33(7,31)32;/h8-12,16,18H,13-15,17H2,1-7H3,(H,28,30);1H4. The zero-order valence-electron chi connectivity index (χ0n) is 20.9. The van der Waals surface area contributed by atoms with E-state index in [0.717, 1.165) is 29.7 Å². The molecule has 0 bridgehead atoms. The number of benzene rings is 1. The Bertz CT molecular complexity index is 1110. The average Bonchev–Trinajstić information content (AvgIpc) is 3.46. The maximum absolute atomic E-state index is 13.2. The minimum absolute atomic E-state index is 0. The monoisotopic (exact) mass is 487 g/mol. The molecular formula is C27H41N3O3S. The van der Waals surface area contributed by atoms with E-state index in [2.05, 4.69) is 31.1 Å². The molecule has 0 radical (unpaired) electrons. The van der Waals surface area contributed by atoms with Crippen molar-refractivity contribution in [2.45, 2.75) is 84.7 Å². The van der Waals surface area contributed by atoms with Gasteiger partial charge in [0.25, 0.3) is 5.91 Å². The van der Waals surface area contributed by atoms with E-state index < -0.39 is 15.6 Å². The molecule has 0 spiro atoms. The third-order valence-corrected chi connectivity index (χ3v) is 7.70. The molecular weight excluding hydrogens is 446 g/mol. The molecule has 1 aliphatic rings. The van der Waals surface area contributed by atoms with Gasteiger partial charge in [0.2, 0.25) is 10.0 Å². The van der Waals surface area contributed by atoms with Gasteiger partial charge < -0.3 is 5.32 Å². The van der Waals surface area contributed by atoms with Crippen LogP contribution in [0, 0.1) is 0 Å². The zero-order chi connectivity index (χ0) is 24.7. The summed E-state index contributed by atoms with van der Waals surface area (Å²) >= 11 is 0. The number of nitrogens with zero attached hydrogens (tertiary/aromatic N) is 2. The Labute approximate surface area is 206 Å². The van der Waals surface area contributed by atoms with Crippen molar-refractivity contribution in [3.05, 3.63) is 65.0 Å². The predicted octanol–water partition coefficient (Wildman–Crippen LogP) is 5.04. The number of carbonyl (C=O) groups is 1. The Morgan fingerprint density at radius 3 is 2.21 bits per heavy atom. The van der Waals surface area contributed by atoms with Crippen LogP contribution in [0.25, 0.3) is 0 Å². The van der Waals surface area contributed by atoms with Crippen molar-refractivity contribution in [2.24, 2.45) is 0 Å². The van der Waals surface area contributed by atoms with E-state index in [0.29, 0.717) is 18.5 Å². The van der Waals surface area contributed by atoms with Gasteiger partial charge in [0.15, 0.2) is 0 Å². The van der Waals surface area contributed by atoms with Gasteiger partial charge in [-0.3, -0.25) is 9.78 Å². The summed E-state index contributed by atoms with van der Waals surface area (Å²) in [6.45, 7) is 12.4. The molecule has 0 unspecified atom stereocenters. The molecule has 0 aliphatic heterocycles. The van der Waals surface area contributed by atoms with E-state index >= 15 is 0 Å². The Morgan fingerprint density at radius 2 is 1.74 bits per heavy atom. The van der Waals surface area contributed by atoms with E-state index in [1.807, 2.05) is 57.2 Å². The average molecular weight is 488 g/mol. The summed E-state index contributed by atoms with van der Waals surface area (Å²) in [5.74, 6) is -0.109. The second kappa shape index (κ2) is 9.78. The summed E-state index contributed by atoms with van der Waals surface area (Å²) in [6, 6.07) is 11.6. The lowest BCUT2D eigenvalue weighted by atomic mass is 9.82. The predicted molar refractivity (Wildman–Crippen MR) is 139 cm³/mol. The van der Waals surface area contributed by atoms with Crippen molar-refractivity contribution in [3.63, 3.8) is 0 Å². The topological polar surface area (TPSA) is 79.4 Å². The van der Waals surface area contributed by atoms with Gasteiger partial charge in [-0.15, -0.1) is 0 Å². The summed E-state index contributed by atoms with van der Waals surface area (Å²) in [5, 5.41) is 3.20. The number of pyridine rings is 1. The molecule has 0 atom stereocenters. The molecule has 1 N–H and O–H groups in total. The fourth-order valence-electron chi connectivity index (χ4n) is 4.36. The lowest BCUT2D eigenvalue weighted by Crippen LogP contribution is -2.46. The highest BCUT2D eigenvalue weighted by atomic mass is 32.2. The third kappa shape index (κ3) is 6.45. The summed E-state index contributed by atoms with van der Waals surface area (Å²) in [6.07, 6.45) is 5.36. The minimum Gasteiger partial charge on any atom is -0.341 e. The number of carbonyl (C=O) groups excluding carboxylic acids is 1. The highest BCUT2D eigenvalue weighted by molar-refractivity contribution is 7.88. The number of rotatable bonds is 7. The van der Waals surface area contributed by atoms with Crippen molar-refractivity contribution < 1.29 is 13.2 Å². The van der Waals surface area contributed by atoms with Crippen LogP contribution >= 0.6 is 0 Å². The summed E-state index contributed by atoms with van der Waals surface area (Å²) in [7, 11) is -3.34. The number of hydrogen-bond acceptors (Lipinski definition) is 4. The van der Waals surface area contributed by atoms with Crippen LogP contribution in [0.4, 0.5) is 0 Å². The first-order chi connectivity index (χ1) is 15.1. The highest BCUT2D eigenvalue weighted by Gasteiger charge is 2.47. The van der Waals surface area contributed by atoms with E-state index in [4.69, 9.17) is 0 Å².